The summed E-state index contributed by atoms with van der Waals surface area (Å²) < 4.78 is 10.5. The highest BCUT2D eigenvalue weighted by molar-refractivity contribution is 4.67. The molecule has 0 aromatic carbocycles. The molecule has 1 saturated heterocycles. The van der Waals surface area contributed by atoms with Gasteiger partial charge in [-0.3, -0.25) is 0 Å². The van der Waals surface area contributed by atoms with Gasteiger partial charge < -0.3 is 14.8 Å². The lowest BCUT2D eigenvalue weighted by Crippen LogP contribution is -2.33. The van der Waals surface area contributed by atoms with Gasteiger partial charge in [-0.2, -0.15) is 0 Å². The predicted molar refractivity (Wildman–Crippen MR) is 55.1 cm³/mol. The Hall–Kier alpha value is -0.120. The number of hydrogen-bond donors (Lipinski definition) is 1. The van der Waals surface area contributed by atoms with Crippen molar-refractivity contribution in [3.63, 3.8) is 0 Å². The first kappa shape index (κ1) is 12.9. The highest BCUT2D eigenvalue weighted by atomic mass is 16.5. The molecule has 13 heavy (non-hydrogen) atoms. The monoisotopic (exact) mass is 189 g/mol. The van der Waals surface area contributed by atoms with E-state index >= 15 is 0 Å². The minimum absolute atomic E-state index is 0.464. The van der Waals surface area contributed by atoms with Crippen molar-refractivity contribution in [2.45, 2.75) is 32.8 Å². The van der Waals surface area contributed by atoms with Gasteiger partial charge in [-0.05, 0) is 25.9 Å². The van der Waals surface area contributed by atoms with Crippen molar-refractivity contribution < 1.29 is 9.47 Å². The molecule has 1 N–H and O–H groups in total. The zero-order valence-corrected chi connectivity index (χ0v) is 9.14. The first-order chi connectivity index (χ1) is 6.43. The largest absolute Gasteiger partial charge is 0.382 e. The predicted octanol–water partition coefficient (Wildman–Crippen LogP) is 1.43. The van der Waals surface area contributed by atoms with E-state index in [0.29, 0.717) is 12.7 Å². The lowest BCUT2D eigenvalue weighted by Gasteiger charge is -2.22. The summed E-state index contributed by atoms with van der Waals surface area (Å²) in [6.07, 6.45) is 2.75. The fourth-order valence-electron chi connectivity index (χ4n) is 1.26. The van der Waals surface area contributed by atoms with E-state index in [1.807, 2.05) is 13.8 Å². The Bertz CT molecular complexity index is 92.9. The molecule has 1 aliphatic heterocycles. The minimum Gasteiger partial charge on any atom is -0.382 e. The second-order valence-corrected chi connectivity index (χ2v) is 2.81. The maximum Gasteiger partial charge on any atom is 0.0704 e. The summed E-state index contributed by atoms with van der Waals surface area (Å²) in [5, 5.41) is 3.29. The molecular formula is C10H23NO2. The van der Waals surface area contributed by atoms with Crippen LogP contribution in [0.25, 0.3) is 0 Å². The first-order valence-corrected chi connectivity index (χ1v) is 5.24. The molecule has 0 amide bonds. The molecule has 0 saturated carbocycles. The first-order valence-electron chi connectivity index (χ1n) is 5.24. The topological polar surface area (TPSA) is 30.5 Å². The lowest BCUT2D eigenvalue weighted by atomic mass is 10.1. The smallest absolute Gasteiger partial charge is 0.0704 e. The van der Waals surface area contributed by atoms with Gasteiger partial charge in [0.25, 0.3) is 0 Å². The zero-order valence-electron chi connectivity index (χ0n) is 9.14. The van der Waals surface area contributed by atoms with E-state index in [2.05, 4.69) is 5.32 Å². The maximum atomic E-state index is 5.56. The van der Waals surface area contributed by atoms with Gasteiger partial charge in [-0.25, -0.2) is 0 Å². The van der Waals surface area contributed by atoms with Gasteiger partial charge in [0, 0.05) is 7.11 Å². The summed E-state index contributed by atoms with van der Waals surface area (Å²) in [5.41, 5.74) is 0. The van der Waals surface area contributed by atoms with Crippen LogP contribution < -0.4 is 5.32 Å². The summed E-state index contributed by atoms with van der Waals surface area (Å²) in [6.45, 7) is 7.64. The normalized spacial score (nSPS) is 17.8. The van der Waals surface area contributed by atoms with Crippen LogP contribution in [0.15, 0.2) is 0 Å². The summed E-state index contributed by atoms with van der Waals surface area (Å²) >= 11 is 0. The quantitative estimate of drug-likeness (QED) is 0.679. The number of hydrogen-bond acceptors (Lipinski definition) is 3. The molecule has 1 heterocycles. The Kier molecular flexibility index (Phi) is 9.87. The minimum atomic E-state index is 0.464. The molecule has 0 bridgehead atoms. The molecule has 1 aliphatic rings. The number of ether oxygens (including phenoxy) is 2. The molecule has 0 aromatic heterocycles. The molecule has 0 spiro atoms. The van der Waals surface area contributed by atoms with Crippen molar-refractivity contribution in [2.24, 2.45) is 0 Å². The second kappa shape index (κ2) is 9.96. The molecule has 3 nitrogen and oxygen atoms in total. The highest BCUT2D eigenvalue weighted by Gasteiger charge is 2.12. The molecule has 80 valence electrons. The van der Waals surface area contributed by atoms with Crippen LogP contribution in [-0.2, 0) is 9.47 Å². The second-order valence-electron chi connectivity index (χ2n) is 2.81. The Morgan fingerprint density at radius 3 is 2.31 bits per heavy atom. The number of methoxy groups -OCH3 is 1. The Morgan fingerprint density at radius 1 is 1.15 bits per heavy atom. The van der Waals surface area contributed by atoms with E-state index in [0.717, 1.165) is 32.5 Å². The fourth-order valence-corrected chi connectivity index (χ4v) is 1.26. The Labute approximate surface area is 81.8 Å². The third kappa shape index (κ3) is 6.99. The van der Waals surface area contributed by atoms with Gasteiger partial charge in [0.2, 0.25) is 0 Å². The van der Waals surface area contributed by atoms with E-state index in [9.17, 15) is 0 Å². The lowest BCUT2D eigenvalue weighted by molar-refractivity contribution is 0.00321. The van der Waals surface area contributed by atoms with Crippen molar-refractivity contribution in [3.05, 3.63) is 0 Å². The fraction of sp³-hybridized carbons (Fsp3) is 1.00. The van der Waals surface area contributed by atoms with Crippen LogP contribution >= 0.6 is 0 Å². The number of rotatable bonds is 4. The van der Waals surface area contributed by atoms with Crippen molar-refractivity contribution in [1.29, 1.82) is 0 Å². The number of nitrogens with one attached hydrogen (secondary N) is 1. The molecule has 0 unspecified atom stereocenters. The van der Waals surface area contributed by atoms with E-state index in [-0.39, 0.29) is 0 Å². The van der Waals surface area contributed by atoms with Crippen LogP contribution in [0.4, 0.5) is 0 Å². The number of piperidine rings is 1. The van der Waals surface area contributed by atoms with E-state index in [1.165, 1.54) is 0 Å². The Morgan fingerprint density at radius 2 is 1.77 bits per heavy atom. The molecule has 1 rings (SSSR count). The summed E-state index contributed by atoms with van der Waals surface area (Å²) in [4.78, 5) is 0. The van der Waals surface area contributed by atoms with Gasteiger partial charge in [0.1, 0.15) is 0 Å². The average Bonchev–Trinajstić information content (AvgIpc) is 2.23. The van der Waals surface area contributed by atoms with Crippen LogP contribution in [0.1, 0.15) is 26.7 Å². The van der Waals surface area contributed by atoms with Gasteiger partial charge in [-0.15, -0.1) is 0 Å². The van der Waals surface area contributed by atoms with Gasteiger partial charge in [-0.1, -0.05) is 13.8 Å². The van der Waals surface area contributed by atoms with Crippen molar-refractivity contribution >= 4 is 0 Å². The molecule has 1 fully saturated rings. The molecule has 0 atom stereocenters. The van der Waals surface area contributed by atoms with Crippen LogP contribution in [0, 0.1) is 0 Å². The van der Waals surface area contributed by atoms with Crippen molar-refractivity contribution in [3.8, 4) is 0 Å². The maximum absolute atomic E-state index is 5.56. The van der Waals surface area contributed by atoms with Crippen molar-refractivity contribution in [2.75, 3.05) is 33.4 Å². The summed E-state index contributed by atoms with van der Waals surface area (Å²) in [5.74, 6) is 0. The standard InChI is InChI=1S/C8H17NO2.C2H6/c1-10-6-7-11-8-2-4-9-5-3-8;1-2/h8-9H,2-7H2,1H3;1-2H3. The van der Waals surface area contributed by atoms with Gasteiger partial charge in [0.05, 0.1) is 19.3 Å². The molecule has 0 aromatic rings. The van der Waals surface area contributed by atoms with E-state index in [4.69, 9.17) is 9.47 Å². The van der Waals surface area contributed by atoms with Crippen LogP contribution in [-0.4, -0.2) is 39.5 Å². The third-order valence-corrected chi connectivity index (χ3v) is 1.93. The average molecular weight is 189 g/mol. The highest BCUT2D eigenvalue weighted by Crippen LogP contribution is 2.06. The SMILES string of the molecule is CC.COCCOC1CCNCC1. The van der Waals surface area contributed by atoms with Crippen LogP contribution in [0.3, 0.4) is 0 Å². The zero-order chi connectivity index (χ0) is 9.94. The van der Waals surface area contributed by atoms with Gasteiger partial charge >= 0.3 is 0 Å². The summed E-state index contributed by atoms with van der Waals surface area (Å²) in [7, 11) is 1.70. The molecule has 0 radical (unpaired) electrons. The van der Waals surface area contributed by atoms with E-state index < -0.39 is 0 Å². The molecule has 3 heteroatoms. The van der Waals surface area contributed by atoms with Gasteiger partial charge in [0.15, 0.2) is 0 Å². The van der Waals surface area contributed by atoms with Crippen molar-refractivity contribution in [1.82, 2.24) is 5.32 Å². The summed E-state index contributed by atoms with van der Waals surface area (Å²) in [6, 6.07) is 0. The molecular weight excluding hydrogens is 166 g/mol. The van der Waals surface area contributed by atoms with Crippen LogP contribution in [0.2, 0.25) is 0 Å². The van der Waals surface area contributed by atoms with Crippen LogP contribution in [0.5, 0.6) is 0 Å². The third-order valence-electron chi connectivity index (χ3n) is 1.93. The van der Waals surface area contributed by atoms with E-state index in [1.54, 1.807) is 7.11 Å². The molecule has 0 aliphatic carbocycles. The Balaban J connectivity index is 0.000000671.